The minimum atomic E-state index is 0.0126. The van der Waals surface area contributed by atoms with Gasteiger partial charge in [0.1, 0.15) is 12.1 Å². The first-order valence-corrected chi connectivity index (χ1v) is 3.90. The van der Waals surface area contributed by atoms with E-state index in [2.05, 4.69) is 15.3 Å². The summed E-state index contributed by atoms with van der Waals surface area (Å²) in [6.45, 7) is 0.254. The lowest BCUT2D eigenvalue weighted by atomic mass is 10.5. The molecule has 0 aromatic carbocycles. The van der Waals surface area contributed by atoms with Crippen molar-refractivity contribution in [3.8, 4) is 0 Å². The summed E-state index contributed by atoms with van der Waals surface area (Å²) < 4.78 is 0. The molecule has 0 aliphatic heterocycles. The summed E-state index contributed by atoms with van der Waals surface area (Å²) in [5.74, 6) is 0.670. The molecule has 13 heavy (non-hydrogen) atoms. The predicted octanol–water partition coefficient (Wildman–Crippen LogP) is -0.0233. The fourth-order valence-electron chi connectivity index (χ4n) is 0.720. The molecule has 0 aliphatic rings. The average Bonchev–Trinajstić information content (AvgIpc) is 2.15. The maximum absolute atomic E-state index is 11.1. The predicted molar refractivity (Wildman–Crippen MR) is 49.2 cm³/mol. The van der Waals surface area contributed by atoms with Crippen molar-refractivity contribution in [3.05, 3.63) is 18.6 Å². The van der Waals surface area contributed by atoms with Crippen molar-refractivity contribution < 1.29 is 4.79 Å². The maximum atomic E-state index is 11.1. The second kappa shape index (κ2) is 4.39. The third-order valence-corrected chi connectivity index (χ3v) is 1.50. The van der Waals surface area contributed by atoms with Gasteiger partial charge in [0.05, 0.1) is 6.54 Å². The molecule has 0 saturated heterocycles. The molecule has 5 heteroatoms. The van der Waals surface area contributed by atoms with Crippen LogP contribution in [0.2, 0.25) is 0 Å². The molecule has 1 N–H and O–H groups in total. The normalized spacial score (nSPS) is 9.38. The lowest BCUT2D eigenvalue weighted by Gasteiger charge is -2.10. The Labute approximate surface area is 76.8 Å². The SMILES string of the molecule is CN(C)C(=O)CNc1ccncn1. The van der Waals surface area contributed by atoms with Crippen molar-refractivity contribution in [1.29, 1.82) is 0 Å². The Bertz CT molecular complexity index is 273. The standard InChI is InChI=1S/C8H12N4O/c1-12(2)8(13)5-10-7-3-4-9-6-11-7/h3-4,6H,5H2,1-2H3,(H,9,10,11). The Morgan fingerprint density at radius 2 is 2.38 bits per heavy atom. The van der Waals surface area contributed by atoms with Crippen molar-refractivity contribution in [2.75, 3.05) is 26.0 Å². The summed E-state index contributed by atoms with van der Waals surface area (Å²) >= 11 is 0. The fraction of sp³-hybridized carbons (Fsp3) is 0.375. The van der Waals surface area contributed by atoms with Crippen molar-refractivity contribution >= 4 is 11.7 Å². The van der Waals surface area contributed by atoms with Gasteiger partial charge in [0.25, 0.3) is 0 Å². The van der Waals surface area contributed by atoms with Crippen molar-refractivity contribution in [2.24, 2.45) is 0 Å². The van der Waals surface area contributed by atoms with Gasteiger partial charge in [-0.05, 0) is 6.07 Å². The lowest BCUT2D eigenvalue weighted by Crippen LogP contribution is -2.28. The summed E-state index contributed by atoms with van der Waals surface area (Å²) in [4.78, 5) is 20.3. The van der Waals surface area contributed by atoms with E-state index in [-0.39, 0.29) is 12.5 Å². The fourth-order valence-corrected chi connectivity index (χ4v) is 0.720. The average molecular weight is 180 g/mol. The monoisotopic (exact) mass is 180 g/mol. The van der Waals surface area contributed by atoms with Crippen LogP contribution in [0.15, 0.2) is 18.6 Å². The number of nitrogens with zero attached hydrogens (tertiary/aromatic N) is 3. The lowest BCUT2D eigenvalue weighted by molar-refractivity contribution is -0.126. The first-order valence-electron chi connectivity index (χ1n) is 3.90. The molecule has 1 aromatic rings. The van der Waals surface area contributed by atoms with E-state index >= 15 is 0 Å². The highest BCUT2D eigenvalue weighted by atomic mass is 16.2. The van der Waals surface area contributed by atoms with Gasteiger partial charge < -0.3 is 10.2 Å². The van der Waals surface area contributed by atoms with Gasteiger partial charge in [-0.1, -0.05) is 0 Å². The van der Waals surface area contributed by atoms with Crippen LogP contribution in [0.5, 0.6) is 0 Å². The number of rotatable bonds is 3. The molecule has 0 aliphatic carbocycles. The molecule has 0 unspecified atom stereocenters. The number of nitrogens with one attached hydrogen (secondary N) is 1. The van der Waals surface area contributed by atoms with E-state index in [4.69, 9.17) is 0 Å². The summed E-state index contributed by atoms with van der Waals surface area (Å²) in [5.41, 5.74) is 0. The van der Waals surface area contributed by atoms with Gasteiger partial charge in [0, 0.05) is 20.3 Å². The van der Waals surface area contributed by atoms with Crippen LogP contribution in [0.25, 0.3) is 0 Å². The smallest absolute Gasteiger partial charge is 0.241 e. The van der Waals surface area contributed by atoms with E-state index in [1.807, 2.05) is 0 Å². The highest BCUT2D eigenvalue weighted by Crippen LogP contribution is 1.96. The van der Waals surface area contributed by atoms with E-state index in [0.717, 1.165) is 0 Å². The number of likely N-dealkylation sites (N-methyl/N-ethyl adjacent to an activating group) is 1. The highest BCUT2D eigenvalue weighted by Gasteiger charge is 2.02. The third kappa shape index (κ3) is 3.06. The van der Waals surface area contributed by atoms with Gasteiger partial charge in [-0.25, -0.2) is 9.97 Å². The molecule has 1 aromatic heterocycles. The molecular weight excluding hydrogens is 168 g/mol. The summed E-state index contributed by atoms with van der Waals surface area (Å²) in [6, 6.07) is 1.71. The Morgan fingerprint density at radius 3 is 2.92 bits per heavy atom. The Hall–Kier alpha value is -1.65. The van der Waals surface area contributed by atoms with Gasteiger partial charge in [-0.3, -0.25) is 4.79 Å². The molecule has 1 rings (SSSR count). The molecule has 0 atom stereocenters. The van der Waals surface area contributed by atoms with E-state index < -0.39 is 0 Å². The Morgan fingerprint density at radius 1 is 1.62 bits per heavy atom. The van der Waals surface area contributed by atoms with Crippen LogP contribution < -0.4 is 5.32 Å². The number of aromatic nitrogens is 2. The second-order valence-corrected chi connectivity index (χ2v) is 2.74. The van der Waals surface area contributed by atoms with Gasteiger partial charge in [0.2, 0.25) is 5.91 Å². The van der Waals surface area contributed by atoms with Crippen LogP contribution in [0.1, 0.15) is 0 Å². The molecule has 0 saturated carbocycles. The largest absolute Gasteiger partial charge is 0.361 e. The zero-order chi connectivity index (χ0) is 9.68. The molecule has 0 bridgehead atoms. The summed E-state index contributed by atoms with van der Waals surface area (Å²) in [7, 11) is 3.42. The van der Waals surface area contributed by atoms with Crippen LogP contribution >= 0.6 is 0 Å². The van der Waals surface area contributed by atoms with Gasteiger partial charge in [-0.2, -0.15) is 0 Å². The van der Waals surface area contributed by atoms with E-state index in [0.29, 0.717) is 5.82 Å². The van der Waals surface area contributed by atoms with Crippen LogP contribution in [-0.4, -0.2) is 41.4 Å². The van der Waals surface area contributed by atoms with Crippen LogP contribution in [0.3, 0.4) is 0 Å². The van der Waals surface area contributed by atoms with E-state index in [1.54, 1.807) is 26.4 Å². The van der Waals surface area contributed by atoms with Crippen molar-refractivity contribution in [3.63, 3.8) is 0 Å². The number of hydrogen-bond acceptors (Lipinski definition) is 4. The zero-order valence-corrected chi connectivity index (χ0v) is 7.69. The first kappa shape index (κ1) is 9.44. The van der Waals surface area contributed by atoms with Crippen LogP contribution in [-0.2, 0) is 4.79 Å². The zero-order valence-electron chi connectivity index (χ0n) is 7.69. The van der Waals surface area contributed by atoms with Crippen molar-refractivity contribution in [2.45, 2.75) is 0 Å². The molecular formula is C8H12N4O. The number of amides is 1. The highest BCUT2D eigenvalue weighted by molar-refractivity contribution is 5.79. The number of hydrogen-bond donors (Lipinski definition) is 1. The molecule has 0 spiro atoms. The maximum Gasteiger partial charge on any atom is 0.241 e. The van der Waals surface area contributed by atoms with Gasteiger partial charge in [-0.15, -0.1) is 0 Å². The molecule has 1 amide bonds. The molecule has 0 fully saturated rings. The Kier molecular flexibility index (Phi) is 3.19. The first-order chi connectivity index (χ1) is 6.20. The van der Waals surface area contributed by atoms with Gasteiger partial charge >= 0.3 is 0 Å². The molecule has 0 radical (unpaired) electrons. The minimum absolute atomic E-state index is 0.0126. The van der Waals surface area contributed by atoms with Crippen LogP contribution in [0.4, 0.5) is 5.82 Å². The summed E-state index contributed by atoms with van der Waals surface area (Å²) in [5, 5.41) is 2.88. The van der Waals surface area contributed by atoms with Crippen LogP contribution in [0, 0.1) is 0 Å². The van der Waals surface area contributed by atoms with E-state index in [9.17, 15) is 4.79 Å². The number of anilines is 1. The second-order valence-electron chi connectivity index (χ2n) is 2.74. The van der Waals surface area contributed by atoms with E-state index in [1.165, 1.54) is 11.2 Å². The Balaban J connectivity index is 2.40. The molecule has 70 valence electrons. The minimum Gasteiger partial charge on any atom is -0.361 e. The summed E-state index contributed by atoms with van der Waals surface area (Å²) in [6.07, 6.45) is 3.05. The quantitative estimate of drug-likeness (QED) is 0.710. The van der Waals surface area contributed by atoms with Gasteiger partial charge in [0.15, 0.2) is 0 Å². The molecule has 5 nitrogen and oxygen atoms in total. The van der Waals surface area contributed by atoms with Crippen molar-refractivity contribution in [1.82, 2.24) is 14.9 Å². The number of carbonyl (C=O) groups is 1. The number of carbonyl (C=O) groups excluding carboxylic acids is 1. The molecule has 1 heterocycles. The topological polar surface area (TPSA) is 58.1 Å². The third-order valence-electron chi connectivity index (χ3n) is 1.50.